The van der Waals surface area contributed by atoms with Gasteiger partial charge in [0.1, 0.15) is 16.8 Å². The van der Waals surface area contributed by atoms with Crippen LogP contribution in [0.25, 0.3) is 17.3 Å². The van der Waals surface area contributed by atoms with Crippen LogP contribution >= 0.6 is 22.7 Å². The smallest absolute Gasteiger partial charge is 0.267 e. The third-order valence-corrected chi connectivity index (χ3v) is 5.57. The molecule has 0 aliphatic carbocycles. The second-order valence-corrected chi connectivity index (χ2v) is 7.20. The molecule has 0 saturated carbocycles. The molecule has 25 heavy (non-hydrogen) atoms. The maximum atomic E-state index is 13.0. The van der Waals surface area contributed by atoms with Gasteiger partial charge in [0.15, 0.2) is 5.57 Å². The third-order valence-electron chi connectivity index (χ3n) is 3.65. The van der Waals surface area contributed by atoms with Gasteiger partial charge in [0.25, 0.3) is 5.56 Å². The first-order valence-corrected chi connectivity index (χ1v) is 9.28. The van der Waals surface area contributed by atoms with E-state index in [4.69, 9.17) is 0 Å². The van der Waals surface area contributed by atoms with Crippen LogP contribution in [0.3, 0.4) is 0 Å². The molecule has 0 bridgehead atoms. The quantitative estimate of drug-likeness (QED) is 0.718. The van der Waals surface area contributed by atoms with Crippen LogP contribution in [0.15, 0.2) is 46.6 Å². The van der Waals surface area contributed by atoms with Gasteiger partial charge in [-0.1, -0.05) is 25.1 Å². The fraction of sp³-hybridized carbons (Fsp3) is 0.105. The first-order chi connectivity index (χ1) is 12.2. The standard InChI is InChI=1S/C19H13N3OS2/c1-2-13-5-3-6-15(9-13)22-18(23)17(10-16-7-4-8-24-16)25-19(22)14(11-20)12-21/h3-10H,2H2,1H3/b17-10+. The average Bonchev–Trinajstić information content (AvgIpc) is 3.25. The number of aromatic nitrogens is 1. The summed E-state index contributed by atoms with van der Waals surface area (Å²) >= 11 is 2.70. The Balaban J connectivity index is 2.40. The summed E-state index contributed by atoms with van der Waals surface area (Å²) in [6.45, 7) is 2.04. The van der Waals surface area contributed by atoms with Crippen LogP contribution in [0.5, 0.6) is 0 Å². The summed E-state index contributed by atoms with van der Waals surface area (Å²) in [7, 11) is 0. The van der Waals surface area contributed by atoms with E-state index in [9.17, 15) is 15.3 Å². The summed E-state index contributed by atoms with van der Waals surface area (Å²) < 4.78 is 2.33. The van der Waals surface area contributed by atoms with Gasteiger partial charge in [0, 0.05) is 4.88 Å². The number of thiophene rings is 1. The van der Waals surface area contributed by atoms with Gasteiger partial charge in [-0.05, 0) is 41.6 Å². The van der Waals surface area contributed by atoms with E-state index in [2.05, 4.69) is 0 Å². The number of rotatable bonds is 3. The van der Waals surface area contributed by atoms with E-state index >= 15 is 0 Å². The molecule has 0 aliphatic rings. The van der Waals surface area contributed by atoms with Gasteiger partial charge in [0.2, 0.25) is 0 Å². The molecule has 0 radical (unpaired) electrons. The minimum Gasteiger partial charge on any atom is -0.267 e. The Morgan fingerprint density at radius 2 is 2.04 bits per heavy atom. The van der Waals surface area contributed by atoms with Crippen molar-refractivity contribution in [1.82, 2.24) is 4.57 Å². The number of nitrogens with zero attached hydrogens (tertiary/aromatic N) is 3. The molecular formula is C19H13N3OS2. The van der Waals surface area contributed by atoms with Crippen molar-refractivity contribution in [2.45, 2.75) is 13.3 Å². The summed E-state index contributed by atoms with van der Waals surface area (Å²) in [4.78, 5) is 13.9. The first kappa shape index (κ1) is 16.9. The highest BCUT2D eigenvalue weighted by atomic mass is 32.1. The number of benzene rings is 1. The normalized spacial score (nSPS) is 11.1. The largest absolute Gasteiger partial charge is 0.273 e. The van der Waals surface area contributed by atoms with E-state index in [1.807, 2.05) is 60.8 Å². The van der Waals surface area contributed by atoms with Crippen molar-refractivity contribution in [2.24, 2.45) is 0 Å². The van der Waals surface area contributed by atoms with E-state index < -0.39 is 0 Å². The van der Waals surface area contributed by atoms with Gasteiger partial charge in [-0.2, -0.15) is 10.5 Å². The van der Waals surface area contributed by atoms with Crippen LogP contribution in [0.1, 0.15) is 17.4 Å². The van der Waals surface area contributed by atoms with E-state index in [-0.39, 0.29) is 11.1 Å². The molecule has 0 atom stereocenters. The fourth-order valence-electron chi connectivity index (χ4n) is 2.42. The van der Waals surface area contributed by atoms with Crippen LogP contribution in [0.4, 0.5) is 0 Å². The lowest BCUT2D eigenvalue weighted by Crippen LogP contribution is -2.30. The second kappa shape index (κ2) is 7.31. The van der Waals surface area contributed by atoms with Crippen molar-refractivity contribution in [1.29, 1.82) is 10.5 Å². The Hall–Kier alpha value is -2.93. The molecule has 0 spiro atoms. The average molecular weight is 363 g/mol. The molecule has 4 nitrogen and oxygen atoms in total. The number of hydrogen-bond acceptors (Lipinski definition) is 5. The molecule has 1 aromatic carbocycles. The minimum atomic E-state index is -0.218. The van der Waals surface area contributed by atoms with E-state index in [0.717, 1.165) is 16.9 Å². The lowest BCUT2D eigenvalue weighted by Gasteiger charge is -2.04. The molecule has 0 amide bonds. The minimum absolute atomic E-state index is 0.0603. The Kier molecular flexibility index (Phi) is 4.95. The van der Waals surface area contributed by atoms with Crippen LogP contribution in [-0.2, 0) is 6.42 Å². The predicted molar refractivity (Wildman–Crippen MR) is 101 cm³/mol. The third kappa shape index (κ3) is 3.32. The van der Waals surface area contributed by atoms with Gasteiger partial charge < -0.3 is 0 Å². The highest BCUT2D eigenvalue weighted by Crippen LogP contribution is 2.10. The van der Waals surface area contributed by atoms with Crippen LogP contribution < -0.4 is 14.8 Å². The SMILES string of the molecule is CCc1cccc(-n2c(=C(C#N)C#N)s/c(=C/c3cccs3)c2=O)c1. The monoisotopic (exact) mass is 363 g/mol. The van der Waals surface area contributed by atoms with Crippen molar-refractivity contribution in [3.8, 4) is 17.8 Å². The lowest BCUT2D eigenvalue weighted by atomic mass is 10.1. The van der Waals surface area contributed by atoms with Crippen molar-refractivity contribution in [2.75, 3.05) is 0 Å². The molecule has 0 unspecified atom stereocenters. The second-order valence-electron chi connectivity index (χ2n) is 5.19. The van der Waals surface area contributed by atoms with Gasteiger partial charge in [-0.25, -0.2) is 0 Å². The number of hydrogen-bond donors (Lipinski definition) is 0. The van der Waals surface area contributed by atoms with Gasteiger partial charge in [-0.3, -0.25) is 9.36 Å². The maximum Gasteiger partial charge on any atom is 0.273 e. The zero-order chi connectivity index (χ0) is 17.8. The van der Waals surface area contributed by atoms with Crippen molar-refractivity contribution < 1.29 is 0 Å². The summed E-state index contributed by atoms with van der Waals surface area (Å²) in [5.41, 5.74) is 1.48. The molecule has 0 saturated heterocycles. The highest BCUT2D eigenvalue weighted by Gasteiger charge is 2.11. The fourth-order valence-corrected chi connectivity index (χ4v) is 4.20. The number of aryl methyl sites for hydroxylation is 1. The molecule has 2 aromatic heterocycles. The summed E-state index contributed by atoms with van der Waals surface area (Å²) in [5.74, 6) is 0. The molecule has 3 aromatic rings. The number of thiazole rings is 1. The molecule has 0 N–H and O–H groups in total. The van der Waals surface area contributed by atoms with Crippen LogP contribution in [-0.4, -0.2) is 4.57 Å². The van der Waals surface area contributed by atoms with Gasteiger partial charge in [0.05, 0.1) is 10.2 Å². The topological polar surface area (TPSA) is 69.6 Å². The van der Waals surface area contributed by atoms with Crippen molar-refractivity contribution >= 4 is 34.3 Å². The molecular weight excluding hydrogens is 350 g/mol. The van der Waals surface area contributed by atoms with Gasteiger partial charge >= 0.3 is 0 Å². The Morgan fingerprint density at radius 1 is 1.24 bits per heavy atom. The summed E-state index contributed by atoms with van der Waals surface area (Å²) in [5, 5.41) is 20.5. The first-order valence-electron chi connectivity index (χ1n) is 7.58. The highest BCUT2D eigenvalue weighted by molar-refractivity contribution is 7.11. The Morgan fingerprint density at radius 3 is 2.68 bits per heavy atom. The van der Waals surface area contributed by atoms with E-state index in [1.165, 1.54) is 27.2 Å². The maximum absolute atomic E-state index is 13.0. The molecule has 6 heteroatoms. The zero-order valence-corrected chi connectivity index (χ0v) is 15.0. The number of nitriles is 2. The summed E-state index contributed by atoms with van der Waals surface area (Å²) in [6.07, 6.45) is 2.64. The van der Waals surface area contributed by atoms with E-state index in [0.29, 0.717) is 14.9 Å². The summed E-state index contributed by atoms with van der Waals surface area (Å²) in [6, 6.07) is 15.2. The molecule has 2 heterocycles. The van der Waals surface area contributed by atoms with Crippen molar-refractivity contribution in [3.63, 3.8) is 0 Å². The molecule has 0 aliphatic heterocycles. The predicted octanol–water partition coefficient (Wildman–Crippen LogP) is 2.55. The van der Waals surface area contributed by atoms with Crippen LogP contribution in [0, 0.1) is 22.7 Å². The molecule has 3 rings (SSSR count). The zero-order valence-electron chi connectivity index (χ0n) is 13.4. The Bertz CT molecular complexity index is 1150. The van der Waals surface area contributed by atoms with Gasteiger partial charge in [-0.15, -0.1) is 22.7 Å². The van der Waals surface area contributed by atoms with E-state index in [1.54, 1.807) is 6.08 Å². The van der Waals surface area contributed by atoms with Crippen molar-refractivity contribution in [3.05, 3.63) is 71.8 Å². The lowest BCUT2D eigenvalue weighted by molar-refractivity contribution is 0.979. The molecule has 122 valence electrons. The van der Waals surface area contributed by atoms with Crippen LogP contribution in [0.2, 0.25) is 0 Å². The Labute approximate surface area is 152 Å². The molecule has 0 fully saturated rings.